The molecule has 2 aromatic heterocycles. The highest BCUT2D eigenvalue weighted by atomic mass is 32.1. The molecule has 0 saturated carbocycles. The lowest BCUT2D eigenvalue weighted by molar-refractivity contribution is 0.414. The van der Waals surface area contributed by atoms with Gasteiger partial charge in [0.25, 0.3) is 5.56 Å². The molecular weight excluding hydrogens is 276 g/mol. The molecule has 0 aliphatic carbocycles. The minimum atomic E-state index is -0.256. The Labute approximate surface area is 119 Å². The summed E-state index contributed by atoms with van der Waals surface area (Å²) in [6.07, 6.45) is 1.49. The number of methoxy groups -OCH3 is 1. The van der Waals surface area contributed by atoms with Gasteiger partial charge in [-0.1, -0.05) is 12.1 Å². The molecule has 0 spiro atoms. The van der Waals surface area contributed by atoms with E-state index in [2.05, 4.69) is 15.0 Å². The van der Waals surface area contributed by atoms with Crippen molar-refractivity contribution in [3.8, 4) is 5.75 Å². The van der Waals surface area contributed by atoms with Gasteiger partial charge in [0.05, 0.1) is 20.0 Å². The van der Waals surface area contributed by atoms with Gasteiger partial charge in [0, 0.05) is 0 Å². The first-order valence-corrected chi connectivity index (χ1v) is 6.39. The fourth-order valence-electron chi connectivity index (χ4n) is 2.04. The Morgan fingerprint density at radius 1 is 1.35 bits per heavy atom. The Morgan fingerprint density at radius 3 is 2.80 bits per heavy atom. The number of aromatic nitrogens is 4. The minimum Gasteiger partial charge on any atom is -0.497 e. The molecule has 20 heavy (non-hydrogen) atoms. The van der Waals surface area contributed by atoms with Crippen molar-refractivity contribution in [2.75, 3.05) is 7.11 Å². The van der Waals surface area contributed by atoms with E-state index in [0.717, 1.165) is 11.3 Å². The first-order valence-electron chi connectivity index (χ1n) is 5.98. The lowest BCUT2D eigenvalue weighted by atomic mass is 10.2. The number of H-pyrrole nitrogens is 2. The van der Waals surface area contributed by atoms with Gasteiger partial charge < -0.3 is 9.72 Å². The molecule has 0 aliphatic rings. The SMILES string of the molecule is COc1ccc(Cn2c(=S)[nH]c(=O)c3[nH]cnc32)cc1. The molecule has 3 aromatic rings. The number of hydrogen-bond donors (Lipinski definition) is 2. The van der Waals surface area contributed by atoms with Gasteiger partial charge in [0.1, 0.15) is 11.3 Å². The maximum absolute atomic E-state index is 11.7. The Balaban J connectivity index is 2.08. The molecule has 0 atom stereocenters. The van der Waals surface area contributed by atoms with Crippen LogP contribution in [0.3, 0.4) is 0 Å². The molecule has 0 unspecified atom stereocenters. The number of rotatable bonds is 3. The molecule has 1 aromatic carbocycles. The second-order valence-corrected chi connectivity index (χ2v) is 4.68. The van der Waals surface area contributed by atoms with E-state index in [1.165, 1.54) is 6.33 Å². The molecule has 0 aliphatic heterocycles. The smallest absolute Gasteiger partial charge is 0.277 e. The second kappa shape index (κ2) is 4.93. The fourth-order valence-corrected chi connectivity index (χ4v) is 2.29. The van der Waals surface area contributed by atoms with Gasteiger partial charge in [-0.2, -0.15) is 0 Å². The number of aromatic amines is 2. The molecule has 102 valence electrons. The summed E-state index contributed by atoms with van der Waals surface area (Å²) in [5.41, 5.74) is 1.76. The van der Waals surface area contributed by atoms with Gasteiger partial charge >= 0.3 is 0 Å². The Hall–Kier alpha value is -2.41. The van der Waals surface area contributed by atoms with Crippen LogP contribution in [0.1, 0.15) is 5.56 Å². The van der Waals surface area contributed by atoms with Crippen LogP contribution in [0.25, 0.3) is 11.2 Å². The zero-order valence-corrected chi connectivity index (χ0v) is 11.5. The molecule has 7 heteroatoms. The van der Waals surface area contributed by atoms with Crippen molar-refractivity contribution >= 4 is 23.4 Å². The van der Waals surface area contributed by atoms with Crippen molar-refractivity contribution < 1.29 is 4.74 Å². The molecule has 2 N–H and O–H groups in total. The van der Waals surface area contributed by atoms with E-state index < -0.39 is 0 Å². The first-order chi connectivity index (χ1) is 9.69. The van der Waals surface area contributed by atoms with Crippen LogP contribution in [-0.2, 0) is 6.54 Å². The molecule has 0 amide bonds. The Kier molecular flexibility index (Phi) is 3.11. The highest BCUT2D eigenvalue weighted by molar-refractivity contribution is 7.71. The molecular formula is C13H12N4O2S. The largest absolute Gasteiger partial charge is 0.497 e. The normalized spacial score (nSPS) is 10.8. The van der Waals surface area contributed by atoms with Crippen LogP contribution in [0.4, 0.5) is 0 Å². The number of hydrogen-bond acceptors (Lipinski definition) is 4. The van der Waals surface area contributed by atoms with Crippen molar-refractivity contribution in [1.29, 1.82) is 0 Å². The van der Waals surface area contributed by atoms with Crippen LogP contribution in [0.5, 0.6) is 5.75 Å². The predicted molar refractivity (Wildman–Crippen MR) is 77.6 cm³/mol. The zero-order valence-electron chi connectivity index (χ0n) is 10.7. The third kappa shape index (κ3) is 2.12. The van der Waals surface area contributed by atoms with Crippen LogP contribution in [-0.4, -0.2) is 26.6 Å². The molecule has 6 nitrogen and oxygen atoms in total. The number of fused-ring (bicyclic) bond motifs is 1. The lowest BCUT2D eigenvalue weighted by Gasteiger charge is -2.08. The second-order valence-electron chi connectivity index (χ2n) is 4.29. The zero-order chi connectivity index (χ0) is 14.1. The number of nitrogens with zero attached hydrogens (tertiary/aromatic N) is 2. The molecule has 0 fully saturated rings. The van der Waals surface area contributed by atoms with Crippen LogP contribution in [0.15, 0.2) is 35.4 Å². The summed E-state index contributed by atoms with van der Waals surface area (Å²) in [6, 6.07) is 7.66. The van der Waals surface area contributed by atoms with Gasteiger partial charge in [-0.05, 0) is 29.9 Å². The van der Waals surface area contributed by atoms with Crippen LogP contribution >= 0.6 is 12.2 Å². The summed E-state index contributed by atoms with van der Waals surface area (Å²) < 4.78 is 7.26. The lowest BCUT2D eigenvalue weighted by Crippen LogP contribution is -2.15. The quantitative estimate of drug-likeness (QED) is 0.721. The third-order valence-corrected chi connectivity index (χ3v) is 3.39. The molecule has 0 bridgehead atoms. The maximum atomic E-state index is 11.7. The van der Waals surface area contributed by atoms with Crippen molar-refractivity contribution in [3.63, 3.8) is 0 Å². The number of benzene rings is 1. The summed E-state index contributed by atoms with van der Waals surface area (Å²) in [5.74, 6) is 0.795. The van der Waals surface area contributed by atoms with E-state index in [1.807, 2.05) is 24.3 Å². The summed E-state index contributed by atoms with van der Waals surface area (Å²) in [4.78, 5) is 21.3. The van der Waals surface area contributed by atoms with Gasteiger partial charge in [0.15, 0.2) is 10.4 Å². The number of ether oxygens (including phenoxy) is 1. The van der Waals surface area contributed by atoms with Crippen molar-refractivity contribution in [3.05, 3.63) is 51.3 Å². The van der Waals surface area contributed by atoms with Gasteiger partial charge in [0.2, 0.25) is 0 Å². The molecule has 3 rings (SSSR count). The van der Waals surface area contributed by atoms with E-state index in [1.54, 1.807) is 11.7 Å². The fraction of sp³-hybridized carbons (Fsp3) is 0.154. The minimum absolute atomic E-state index is 0.256. The van der Waals surface area contributed by atoms with Crippen LogP contribution in [0.2, 0.25) is 0 Å². The van der Waals surface area contributed by atoms with Crippen LogP contribution in [0, 0.1) is 4.77 Å². The Morgan fingerprint density at radius 2 is 2.10 bits per heavy atom. The predicted octanol–water partition coefficient (Wildman–Crippen LogP) is 1.84. The van der Waals surface area contributed by atoms with E-state index in [0.29, 0.717) is 22.5 Å². The molecule has 0 saturated heterocycles. The van der Waals surface area contributed by atoms with E-state index >= 15 is 0 Å². The summed E-state index contributed by atoms with van der Waals surface area (Å²) in [5, 5.41) is 0. The van der Waals surface area contributed by atoms with E-state index in [-0.39, 0.29) is 5.56 Å². The number of imidazole rings is 1. The van der Waals surface area contributed by atoms with E-state index in [4.69, 9.17) is 17.0 Å². The van der Waals surface area contributed by atoms with Crippen molar-refractivity contribution in [2.45, 2.75) is 6.54 Å². The van der Waals surface area contributed by atoms with E-state index in [9.17, 15) is 4.79 Å². The standard InChI is InChI=1S/C13H12N4O2S/c1-19-9-4-2-8(3-5-9)6-17-11-10(14-7-15-11)12(18)16-13(17)20/h2-5,7H,6H2,1H3,(H,14,15)(H,16,18,20). The third-order valence-electron chi connectivity index (χ3n) is 3.07. The topological polar surface area (TPSA) is 75.7 Å². The van der Waals surface area contributed by atoms with Gasteiger partial charge in [-0.15, -0.1) is 0 Å². The summed E-state index contributed by atoms with van der Waals surface area (Å²) in [6.45, 7) is 0.529. The molecule has 0 radical (unpaired) electrons. The highest BCUT2D eigenvalue weighted by Gasteiger charge is 2.08. The first kappa shape index (κ1) is 12.6. The Bertz CT molecular complexity index is 860. The number of nitrogens with one attached hydrogen (secondary N) is 2. The monoisotopic (exact) mass is 288 g/mol. The van der Waals surface area contributed by atoms with Crippen molar-refractivity contribution in [1.82, 2.24) is 19.5 Å². The molecule has 2 heterocycles. The van der Waals surface area contributed by atoms with Gasteiger partial charge in [-0.25, -0.2) is 4.98 Å². The van der Waals surface area contributed by atoms with Crippen LogP contribution < -0.4 is 10.3 Å². The maximum Gasteiger partial charge on any atom is 0.277 e. The highest BCUT2D eigenvalue weighted by Crippen LogP contribution is 2.14. The average Bonchev–Trinajstić information content (AvgIpc) is 2.94. The van der Waals surface area contributed by atoms with Crippen molar-refractivity contribution in [2.24, 2.45) is 0 Å². The average molecular weight is 288 g/mol. The summed E-state index contributed by atoms with van der Waals surface area (Å²) >= 11 is 5.21. The van der Waals surface area contributed by atoms with Gasteiger partial charge in [-0.3, -0.25) is 14.3 Å². The summed E-state index contributed by atoms with van der Waals surface area (Å²) in [7, 11) is 1.63.